The summed E-state index contributed by atoms with van der Waals surface area (Å²) in [6.45, 7) is -0.330. The molecule has 2 atom stereocenters. The lowest BCUT2D eigenvalue weighted by Crippen LogP contribution is -2.38. The number of ether oxygens (including phenoxy) is 1. The summed E-state index contributed by atoms with van der Waals surface area (Å²) >= 11 is 1.23. The molecule has 10 nitrogen and oxygen atoms in total. The van der Waals surface area contributed by atoms with Gasteiger partial charge in [0, 0.05) is 36.1 Å². The molecule has 248 valence electrons. The van der Waals surface area contributed by atoms with Gasteiger partial charge in [-0.3, -0.25) is 9.35 Å². The molecule has 4 aromatic rings. The van der Waals surface area contributed by atoms with E-state index in [1.54, 1.807) is 0 Å². The Kier molecular flexibility index (Phi) is 7.99. The lowest BCUT2D eigenvalue weighted by molar-refractivity contribution is -0.137. The minimum absolute atomic E-state index is 0.00353. The van der Waals surface area contributed by atoms with E-state index in [0.29, 0.717) is 33.3 Å². The van der Waals surface area contributed by atoms with Crippen LogP contribution in [0.2, 0.25) is 0 Å². The lowest BCUT2D eigenvalue weighted by atomic mass is 9.99. The minimum Gasteiger partial charge on any atom is -0.493 e. The number of aromatic nitrogens is 2. The first-order valence-corrected chi connectivity index (χ1v) is 17.4. The summed E-state index contributed by atoms with van der Waals surface area (Å²) in [5.41, 5.74) is -0.103. The fraction of sp³-hybridized carbons (Fsp3) is 0.387. The number of thiazole rings is 1. The van der Waals surface area contributed by atoms with Gasteiger partial charge in [0.2, 0.25) is 0 Å². The summed E-state index contributed by atoms with van der Waals surface area (Å²) in [6, 6.07) is 7.70. The molecule has 7 rings (SSSR count). The molecular weight excluding hydrogens is 664 g/mol. The second-order valence-electron chi connectivity index (χ2n) is 11.9. The standard InChI is InChI=1S/C31H28F4N4O6S2/c32-24-11-17(29(40)36-9-10-47(41,42)43)12-25-27(24)37-30(46-25)39-18-7-8-19(39)14-20(13-18)44-15-22-26(38-45-28(22)16-5-6-16)21-3-1-2-4-23(21)31(33,34)35/h1-4,11-13,16,18-19H,5-10,14-15H2,(H,36,40)(H,41,42,43). The molecule has 1 amide bonds. The maximum absolute atomic E-state index is 15.0. The lowest BCUT2D eigenvalue weighted by Gasteiger charge is -2.33. The molecule has 2 bridgehead atoms. The summed E-state index contributed by atoms with van der Waals surface area (Å²) in [6.07, 6.45) is 1.26. The number of benzene rings is 2. The number of rotatable bonds is 10. The van der Waals surface area contributed by atoms with Crippen LogP contribution in [0.5, 0.6) is 0 Å². The van der Waals surface area contributed by atoms with Crippen LogP contribution in [0.25, 0.3) is 21.5 Å². The van der Waals surface area contributed by atoms with Gasteiger partial charge in [0.25, 0.3) is 16.0 Å². The molecule has 2 N–H and O–H groups in total. The zero-order valence-corrected chi connectivity index (χ0v) is 26.2. The Morgan fingerprint density at radius 1 is 1.17 bits per heavy atom. The Hall–Kier alpha value is -4.02. The molecule has 0 radical (unpaired) electrons. The molecule has 2 fully saturated rings. The van der Waals surface area contributed by atoms with E-state index in [1.807, 2.05) is 6.08 Å². The molecule has 1 aliphatic carbocycles. The molecule has 47 heavy (non-hydrogen) atoms. The van der Waals surface area contributed by atoms with Crippen LogP contribution in [0, 0.1) is 5.82 Å². The predicted octanol–water partition coefficient (Wildman–Crippen LogP) is 6.45. The predicted molar refractivity (Wildman–Crippen MR) is 164 cm³/mol. The van der Waals surface area contributed by atoms with Crippen LogP contribution >= 0.6 is 11.3 Å². The monoisotopic (exact) mass is 692 g/mol. The van der Waals surface area contributed by atoms with Crippen molar-refractivity contribution in [1.82, 2.24) is 15.5 Å². The average molecular weight is 693 g/mol. The third-order valence-corrected chi connectivity index (χ3v) is 10.3. The fourth-order valence-electron chi connectivity index (χ4n) is 6.25. The number of anilines is 1. The number of carbonyl (C=O) groups excluding carboxylic acids is 1. The van der Waals surface area contributed by atoms with Crippen LogP contribution in [0.1, 0.15) is 65.3 Å². The van der Waals surface area contributed by atoms with Crippen LogP contribution in [0.4, 0.5) is 22.7 Å². The quantitative estimate of drug-likeness (QED) is 0.142. The first kappa shape index (κ1) is 31.6. The zero-order valence-electron chi connectivity index (χ0n) is 24.6. The van der Waals surface area contributed by atoms with Gasteiger partial charge in [-0.1, -0.05) is 34.7 Å². The van der Waals surface area contributed by atoms with E-state index in [9.17, 15) is 26.4 Å². The number of alkyl halides is 3. The Balaban J connectivity index is 1.10. The Morgan fingerprint density at radius 3 is 2.68 bits per heavy atom. The first-order valence-electron chi connectivity index (χ1n) is 15.0. The summed E-state index contributed by atoms with van der Waals surface area (Å²) in [5.74, 6) is -0.697. The van der Waals surface area contributed by atoms with E-state index in [2.05, 4.69) is 20.4 Å². The molecule has 3 aliphatic rings. The van der Waals surface area contributed by atoms with Crippen molar-refractivity contribution in [2.45, 2.75) is 62.9 Å². The van der Waals surface area contributed by atoms with E-state index >= 15 is 4.39 Å². The maximum Gasteiger partial charge on any atom is 0.417 e. The highest BCUT2D eigenvalue weighted by Crippen LogP contribution is 2.47. The Labute approximate surface area is 270 Å². The highest BCUT2D eigenvalue weighted by atomic mass is 32.2. The van der Waals surface area contributed by atoms with Crippen molar-refractivity contribution in [3.8, 4) is 11.3 Å². The van der Waals surface area contributed by atoms with Gasteiger partial charge in [0.05, 0.1) is 33.4 Å². The number of hydrogen-bond donors (Lipinski definition) is 2. The second kappa shape index (κ2) is 11.9. The van der Waals surface area contributed by atoms with E-state index in [4.69, 9.17) is 13.8 Å². The number of halogens is 4. The van der Waals surface area contributed by atoms with Gasteiger partial charge in [-0.2, -0.15) is 21.6 Å². The number of nitrogens with zero attached hydrogens (tertiary/aromatic N) is 3. The van der Waals surface area contributed by atoms with E-state index in [1.165, 1.54) is 35.6 Å². The van der Waals surface area contributed by atoms with Gasteiger partial charge < -0.3 is 19.5 Å². The number of fused-ring (bicyclic) bond motifs is 3. The minimum atomic E-state index is -4.56. The summed E-state index contributed by atoms with van der Waals surface area (Å²) < 4.78 is 99.6. The summed E-state index contributed by atoms with van der Waals surface area (Å²) in [5, 5.41) is 7.00. The highest BCUT2D eigenvalue weighted by molar-refractivity contribution is 7.85. The average Bonchev–Trinajstić information content (AvgIpc) is 3.52. The smallest absolute Gasteiger partial charge is 0.417 e. The molecule has 4 heterocycles. The fourth-order valence-corrected chi connectivity index (χ4v) is 7.76. The van der Waals surface area contributed by atoms with Gasteiger partial charge in [0.1, 0.15) is 23.6 Å². The number of nitrogens with one attached hydrogen (secondary N) is 1. The zero-order chi connectivity index (χ0) is 33.1. The van der Waals surface area contributed by atoms with Gasteiger partial charge in [-0.05, 0) is 50.0 Å². The van der Waals surface area contributed by atoms with Crippen LogP contribution in [0.3, 0.4) is 0 Å². The van der Waals surface area contributed by atoms with E-state index in [0.717, 1.165) is 37.8 Å². The third kappa shape index (κ3) is 6.45. The van der Waals surface area contributed by atoms with Crippen molar-refractivity contribution in [2.75, 3.05) is 17.2 Å². The van der Waals surface area contributed by atoms with E-state index in [-0.39, 0.29) is 53.5 Å². The van der Waals surface area contributed by atoms with Crippen molar-refractivity contribution < 1.29 is 44.6 Å². The summed E-state index contributed by atoms with van der Waals surface area (Å²) in [7, 11) is -4.26. The highest BCUT2D eigenvalue weighted by Gasteiger charge is 2.41. The molecule has 2 unspecified atom stereocenters. The van der Waals surface area contributed by atoms with Gasteiger partial charge >= 0.3 is 6.18 Å². The molecule has 16 heteroatoms. The van der Waals surface area contributed by atoms with Crippen molar-refractivity contribution in [3.05, 3.63) is 76.5 Å². The number of carbonyl (C=O) groups is 1. The molecule has 2 aliphatic heterocycles. The topological polar surface area (TPSA) is 135 Å². The van der Waals surface area contributed by atoms with Crippen molar-refractivity contribution in [2.24, 2.45) is 0 Å². The first-order chi connectivity index (χ1) is 22.4. The van der Waals surface area contributed by atoms with Gasteiger partial charge in [0.15, 0.2) is 10.9 Å². The largest absolute Gasteiger partial charge is 0.493 e. The van der Waals surface area contributed by atoms with Crippen LogP contribution in [-0.4, -0.2) is 53.4 Å². The molecule has 0 spiro atoms. The van der Waals surface area contributed by atoms with Crippen molar-refractivity contribution >= 4 is 42.7 Å². The maximum atomic E-state index is 15.0. The molecule has 1 saturated carbocycles. The van der Waals surface area contributed by atoms with E-state index < -0.39 is 39.3 Å². The second-order valence-corrected chi connectivity index (χ2v) is 14.4. The molecular formula is C31H28F4N4O6S2. The molecule has 2 aromatic heterocycles. The van der Waals surface area contributed by atoms with Crippen LogP contribution in [-0.2, 0) is 27.6 Å². The number of hydrogen-bond acceptors (Lipinski definition) is 9. The van der Waals surface area contributed by atoms with Gasteiger partial charge in [-0.25, -0.2) is 9.37 Å². The molecule has 2 aromatic carbocycles. The number of amides is 1. The SMILES string of the molecule is O=C(NCCS(=O)(=O)O)c1cc(F)c2nc(N3C4C=C(OCc5c(-c6ccccc6C(F)(F)F)noc5C5CC5)CC3CC4)sc2c1. The van der Waals surface area contributed by atoms with Gasteiger partial charge in [-0.15, -0.1) is 0 Å². The molecule has 1 saturated heterocycles. The Morgan fingerprint density at radius 2 is 1.96 bits per heavy atom. The van der Waals surface area contributed by atoms with Crippen molar-refractivity contribution in [3.63, 3.8) is 0 Å². The summed E-state index contributed by atoms with van der Waals surface area (Å²) in [4.78, 5) is 19.1. The van der Waals surface area contributed by atoms with Crippen LogP contribution in [0.15, 0.2) is 52.8 Å². The van der Waals surface area contributed by atoms with Crippen LogP contribution < -0.4 is 10.2 Å². The van der Waals surface area contributed by atoms with Crippen molar-refractivity contribution in [1.29, 1.82) is 0 Å². The third-order valence-electron chi connectivity index (χ3n) is 8.58. The normalized spacial score (nSPS) is 19.7. The Bertz CT molecular complexity index is 2000.